The zero-order chi connectivity index (χ0) is 14.8. The zero-order valence-electron chi connectivity index (χ0n) is 10.6. The normalized spacial score (nSPS) is 14.7. The van der Waals surface area contributed by atoms with Gasteiger partial charge < -0.3 is 10.1 Å². The molecular formula is C11H13F4N3OS. The fourth-order valence-electron chi connectivity index (χ4n) is 1.72. The van der Waals surface area contributed by atoms with Crippen LogP contribution in [-0.4, -0.2) is 36.0 Å². The van der Waals surface area contributed by atoms with Gasteiger partial charge in [-0.15, -0.1) is 0 Å². The van der Waals surface area contributed by atoms with Crippen molar-refractivity contribution in [1.29, 1.82) is 0 Å². The quantitative estimate of drug-likeness (QED) is 0.819. The van der Waals surface area contributed by atoms with Crippen LogP contribution in [0.15, 0.2) is 0 Å². The second-order valence-corrected chi connectivity index (χ2v) is 5.20. The number of fused-ring (bicyclic) bond motifs is 1. The molecule has 0 bridgehead atoms. The Morgan fingerprint density at radius 2 is 2.10 bits per heavy atom. The third-order valence-corrected chi connectivity index (χ3v) is 3.68. The van der Waals surface area contributed by atoms with Crippen LogP contribution in [0.2, 0.25) is 0 Å². The Hall–Kier alpha value is -1.09. The van der Waals surface area contributed by atoms with E-state index in [1.165, 1.54) is 0 Å². The number of nitrogens with one attached hydrogen (secondary N) is 1. The van der Waals surface area contributed by atoms with Gasteiger partial charge in [0.2, 0.25) is 0 Å². The predicted octanol–water partition coefficient (Wildman–Crippen LogP) is 2.68. The fourth-order valence-corrected chi connectivity index (χ4v) is 2.76. The molecular weight excluding hydrogens is 298 g/mol. The first kappa shape index (κ1) is 15.3. The first-order valence-corrected chi connectivity index (χ1v) is 6.97. The van der Waals surface area contributed by atoms with Crippen molar-refractivity contribution in [1.82, 2.24) is 9.97 Å². The predicted molar refractivity (Wildman–Crippen MR) is 67.2 cm³/mol. The van der Waals surface area contributed by atoms with Gasteiger partial charge in [0.25, 0.3) is 0 Å². The number of ether oxygens (including phenoxy) is 1. The van der Waals surface area contributed by atoms with Crippen LogP contribution in [0.5, 0.6) is 0 Å². The summed E-state index contributed by atoms with van der Waals surface area (Å²) in [5.74, 6) is -1.82. The van der Waals surface area contributed by atoms with Crippen molar-refractivity contribution in [3.05, 3.63) is 17.1 Å². The molecule has 112 valence electrons. The highest BCUT2D eigenvalue weighted by Gasteiger charge is 2.41. The fraction of sp³-hybridized carbons (Fsp3) is 0.636. The summed E-state index contributed by atoms with van der Waals surface area (Å²) in [6.07, 6.45) is -3.74. The van der Waals surface area contributed by atoms with Gasteiger partial charge in [-0.2, -0.15) is 20.5 Å². The molecule has 0 spiro atoms. The number of aromatic nitrogens is 2. The van der Waals surface area contributed by atoms with Crippen LogP contribution in [0, 0.1) is 0 Å². The Morgan fingerprint density at radius 3 is 2.75 bits per heavy atom. The van der Waals surface area contributed by atoms with Gasteiger partial charge in [-0.1, -0.05) is 0 Å². The van der Waals surface area contributed by atoms with Gasteiger partial charge in [0.1, 0.15) is 19.0 Å². The molecule has 2 rings (SSSR count). The summed E-state index contributed by atoms with van der Waals surface area (Å²) in [6, 6.07) is 0. The summed E-state index contributed by atoms with van der Waals surface area (Å²) in [5.41, 5.74) is 1.81. The van der Waals surface area contributed by atoms with Crippen molar-refractivity contribution in [3.63, 3.8) is 0 Å². The minimum Gasteiger partial charge on any atom is -0.373 e. The Balaban J connectivity index is 2.01. The monoisotopic (exact) mass is 311 g/mol. The highest BCUT2D eigenvalue weighted by molar-refractivity contribution is 7.98. The van der Waals surface area contributed by atoms with Gasteiger partial charge in [-0.3, -0.25) is 0 Å². The molecule has 1 aromatic heterocycles. The lowest BCUT2D eigenvalue weighted by Crippen LogP contribution is -2.32. The van der Waals surface area contributed by atoms with Crippen LogP contribution in [0.4, 0.5) is 23.4 Å². The average molecular weight is 311 g/mol. The standard InChI is InChI=1S/C11H13F4N3OS/c1-16-9-6-3-20-4-7(6)17-8(18-9)2-19-5-11(14,15)10(12)13/h10H,2-5H2,1H3,(H,16,17,18). The van der Waals surface area contributed by atoms with Crippen LogP contribution < -0.4 is 5.32 Å². The zero-order valence-corrected chi connectivity index (χ0v) is 11.4. The molecule has 20 heavy (non-hydrogen) atoms. The number of hydrogen-bond acceptors (Lipinski definition) is 5. The maximum Gasteiger partial charge on any atom is 0.330 e. The van der Waals surface area contributed by atoms with Crippen LogP contribution >= 0.6 is 11.8 Å². The van der Waals surface area contributed by atoms with E-state index in [9.17, 15) is 17.6 Å². The van der Waals surface area contributed by atoms with Crippen molar-refractivity contribution in [2.24, 2.45) is 0 Å². The molecule has 9 heteroatoms. The van der Waals surface area contributed by atoms with E-state index >= 15 is 0 Å². The summed E-state index contributed by atoms with van der Waals surface area (Å²) in [4.78, 5) is 8.33. The molecule has 1 aromatic rings. The molecule has 0 aliphatic carbocycles. The average Bonchev–Trinajstić information content (AvgIpc) is 2.85. The molecule has 0 radical (unpaired) electrons. The highest BCUT2D eigenvalue weighted by atomic mass is 32.2. The summed E-state index contributed by atoms with van der Waals surface area (Å²) in [5, 5.41) is 2.90. The SMILES string of the molecule is CNc1nc(COCC(F)(F)C(F)F)nc2c1CSC2. The van der Waals surface area contributed by atoms with Crippen molar-refractivity contribution in [2.75, 3.05) is 19.0 Å². The summed E-state index contributed by atoms with van der Waals surface area (Å²) in [7, 11) is 1.70. The molecule has 1 aliphatic rings. The molecule has 0 atom stereocenters. The van der Waals surface area contributed by atoms with Gasteiger partial charge in [-0.25, -0.2) is 18.7 Å². The topological polar surface area (TPSA) is 47.0 Å². The van der Waals surface area contributed by atoms with E-state index in [2.05, 4.69) is 20.0 Å². The van der Waals surface area contributed by atoms with E-state index in [4.69, 9.17) is 0 Å². The number of thioether (sulfide) groups is 1. The Morgan fingerprint density at radius 1 is 1.35 bits per heavy atom. The van der Waals surface area contributed by atoms with Crippen LogP contribution in [-0.2, 0) is 22.8 Å². The second-order valence-electron chi connectivity index (χ2n) is 4.21. The largest absolute Gasteiger partial charge is 0.373 e. The van der Waals surface area contributed by atoms with E-state index in [1.54, 1.807) is 18.8 Å². The van der Waals surface area contributed by atoms with Crippen molar-refractivity contribution < 1.29 is 22.3 Å². The molecule has 2 heterocycles. The first-order valence-electron chi connectivity index (χ1n) is 5.82. The molecule has 0 amide bonds. The smallest absolute Gasteiger partial charge is 0.330 e. The third kappa shape index (κ3) is 3.32. The number of anilines is 1. The minimum absolute atomic E-state index is 0.209. The number of hydrogen-bond donors (Lipinski definition) is 1. The third-order valence-electron chi connectivity index (χ3n) is 2.71. The van der Waals surface area contributed by atoms with Crippen LogP contribution in [0.1, 0.15) is 17.1 Å². The molecule has 0 unspecified atom stereocenters. The number of rotatable bonds is 6. The lowest BCUT2D eigenvalue weighted by atomic mass is 10.2. The molecule has 0 aromatic carbocycles. The van der Waals surface area contributed by atoms with Crippen LogP contribution in [0.25, 0.3) is 0 Å². The molecule has 1 aliphatic heterocycles. The molecule has 1 N–H and O–H groups in total. The summed E-state index contributed by atoms with van der Waals surface area (Å²) >= 11 is 1.67. The van der Waals surface area contributed by atoms with E-state index in [1.807, 2.05) is 0 Å². The molecule has 0 fully saturated rings. The number of halogens is 4. The molecule has 4 nitrogen and oxygen atoms in total. The van der Waals surface area contributed by atoms with Gasteiger partial charge in [0.15, 0.2) is 5.82 Å². The second kappa shape index (κ2) is 6.13. The first-order chi connectivity index (χ1) is 9.44. The lowest BCUT2D eigenvalue weighted by molar-refractivity contribution is -0.168. The number of nitrogens with zero attached hydrogens (tertiary/aromatic N) is 2. The Labute approximate surface area is 117 Å². The van der Waals surface area contributed by atoms with E-state index in [-0.39, 0.29) is 12.4 Å². The van der Waals surface area contributed by atoms with Crippen molar-refractivity contribution >= 4 is 17.6 Å². The van der Waals surface area contributed by atoms with E-state index < -0.39 is 19.0 Å². The molecule has 0 saturated carbocycles. The Bertz CT molecular complexity index is 487. The van der Waals surface area contributed by atoms with Crippen molar-refractivity contribution in [3.8, 4) is 0 Å². The van der Waals surface area contributed by atoms with Gasteiger partial charge in [0, 0.05) is 24.1 Å². The highest BCUT2D eigenvalue weighted by Crippen LogP contribution is 2.32. The maximum absolute atomic E-state index is 12.7. The maximum atomic E-state index is 12.7. The summed E-state index contributed by atoms with van der Waals surface area (Å²) < 4.78 is 53.9. The summed E-state index contributed by atoms with van der Waals surface area (Å²) in [6.45, 7) is -1.68. The van der Waals surface area contributed by atoms with Crippen LogP contribution in [0.3, 0.4) is 0 Å². The van der Waals surface area contributed by atoms with Crippen molar-refractivity contribution in [2.45, 2.75) is 30.5 Å². The van der Waals surface area contributed by atoms with Gasteiger partial charge in [-0.05, 0) is 0 Å². The van der Waals surface area contributed by atoms with Gasteiger partial charge in [0.05, 0.1) is 5.69 Å². The minimum atomic E-state index is -4.15. The number of alkyl halides is 4. The van der Waals surface area contributed by atoms with Gasteiger partial charge >= 0.3 is 12.3 Å². The van der Waals surface area contributed by atoms with E-state index in [0.29, 0.717) is 11.6 Å². The molecule has 0 saturated heterocycles. The Kier molecular flexibility index (Phi) is 4.69. The van der Waals surface area contributed by atoms with E-state index in [0.717, 1.165) is 17.0 Å². The lowest BCUT2D eigenvalue weighted by Gasteiger charge is -2.15.